The number of Topliss-reactive ketones (excluding diaryl/α,β-unsaturated/α-hetero) is 1. The molecule has 0 spiro atoms. The summed E-state index contributed by atoms with van der Waals surface area (Å²) in [4.78, 5) is 24.2. The van der Waals surface area contributed by atoms with Crippen LogP contribution in [0.1, 0.15) is 12.0 Å². The van der Waals surface area contributed by atoms with Crippen molar-refractivity contribution in [2.75, 3.05) is 11.4 Å². The average molecular weight is 268 g/mol. The van der Waals surface area contributed by atoms with Gasteiger partial charge in [-0.3, -0.25) is 9.59 Å². The SMILES string of the molecule is Cc1c(Br)cccc1N1CC(=O)CC1=O. The monoisotopic (exact) mass is 267 g/mol. The molecule has 78 valence electrons. The first-order chi connectivity index (χ1) is 7.09. The van der Waals surface area contributed by atoms with Gasteiger partial charge in [-0.15, -0.1) is 0 Å². The number of carbonyl (C=O) groups excluding carboxylic acids is 2. The highest BCUT2D eigenvalue weighted by molar-refractivity contribution is 9.10. The van der Waals surface area contributed by atoms with Crippen LogP contribution < -0.4 is 4.90 Å². The van der Waals surface area contributed by atoms with E-state index in [1.165, 1.54) is 0 Å². The Morgan fingerprint density at radius 3 is 2.67 bits per heavy atom. The van der Waals surface area contributed by atoms with E-state index in [0.717, 1.165) is 15.7 Å². The average Bonchev–Trinajstić information content (AvgIpc) is 2.50. The number of benzene rings is 1. The lowest BCUT2D eigenvalue weighted by Crippen LogP contribution is -2.25. The second-order valence-corrected chi connectivity index (χ2v) is 4.43. The van der Waals surface area contributed by atoms with Crippen LogP contribution in [0.3, 0.4) is 0 Å². The van der Waals surface area contributed by atoms with E-state index in [1.54, 1.807) is 4.90 Å². The van der Waals surface area contributed by atoms with Gasteiger partial charge in [0.15, 0.2) is 5.78 Å². The topological polar surface area (TPSA) is 37.4 Å². The van der Waals surface area contributed by atoms with Crippen LogP contribution in [0.15, 0.2) is 22.7 Å². The molecule has 15 heavy (non-hydrogen) atoms. The largest absolute Gasteiger partial charge is 0.304 e. The number of nitrogens with zero attached hydrogens (tertiary/aromatic N) is 1. The van der Waals surface area contributed by atoms with Gasteiger partial charge in [0.2, 0.25) is 5.91 Å². The molecule has 4 heteroatoms. The zero-order valence-corrected chi connectivity index (χ0v) is 9.87. The van der Waals surface area contributed by atoms with Gasteiger partial charge in [-0.1, -0.05) is 22.0 Å². The maximum Gasteiger partial charge on any atom is 0.234 e. The second-order valence-electron chi connectivity index (χ2n) is 3.58. The van der Waals surface area contributed by atoms with Crippen molar-refractivity contribution >= 4 is 33.3 Å². The smallest absolute Gasteiger partial charge is 0.234 e. The Morgan fingerprint density at radius 2 is 2.07 bits per heavy atom. The van der Waals surface area contributed by atoms with Gasteiger partial charge < -0.3 is 4.90 Å². The number of carbonyl (C=O) groups is 2. The Kier molecular flexibility index (Phi) is 2.61. The first kappa shape index (κ1) is 10.4. The minimum Gasteiger partial charge on any atom is -0.304 e. The third-order valence-corrected chi connectivity index (χ3v) is 3.37. The summed E-state index contributed by atoms with van der Waals surface area (Å²) < 4.78 is 0.951. The third kappa shape index (κ3) is 1.81. The van der Waals surface area contributed by atoms with Crippen LogP contribution in [0.5, 0.6) is 0 Å². The normalized spacial score (nSPS) is 16.3. The first-order valence-electron chi connectivity index (χ1n) is 4.67. The quantitative estimate of drug-likeness (QED) is 0.731. The van der Waals surface area contributed by atoms with Gasteiger partial charge in [-0.25, -0.2) is 0 Å². The number of rotatable bonds is 1. The molecular formula is C11H10BrNO2. The molecule has 1 aliphatic heterocycles. The molecule has 0 saturated carbocycles. The summed E-state index contributed by atoms with van der Waals surface area (Å²) in [6.45, 7) is 2.13. The molecule has 0 aliphatic carbocycles. The fourth-order valence-corrected chi connectivity index (χ4v) is 2.05. The highest BCUT2D eigenvalue weighted by Crippen LogP contribution is 2.28. The van der Waals surface area contributed by atoms with Gasteiger partial charge in [0.25, 0.3) is 0 Å². The van der Waals surface area contributed by atoms with Crippen LogP contribution in [0.25, 0.3) is 0 Å². The van der Waals surface area contributed by atoms with Crippen molar-refractivity contribution in [2.45, 2.75) is 13.3 Å². The van der Waals surface area contributed by atoms with Gasteiger partial charge in [-0.05, 0) is 24.6 Å². The van der Waals surface area contributed by atoms with Crippen LogP contribution in [-0.4, -0.2) is 18.2 Å². The van der Waals surface area contributed by atoms with Crippen molar-refractivity contribution in [3.05, 3.63) is 28.2 Å². The summed E-state index contributed by atoms with van der Waals surface area (Å²) in [6.07, 6.45) is 0.0337. The van der Waals surface area contributed by atoms with Gasteiger partial charge in [-0.2, -0.15) is 0 Å². The number of halogens is 1. The summed E-state index contributed by atoms with van der Waals surface area (Å²) in [7, 11) is 0. The van der Waals surface area contributed by atoms with Crippen LogP contribution >= 0.6 is 15.9 Å². The van der Waals surface area contributed by atoms with E-state index in [9.17, 15) is 9.59 Å². The number of amides is 1. The third-order valence-electron chi connectivity index (χ3n) is 2.51. The Labute approximate surface area is 96.2 Å². The Bertz CT molecular complexity index is 442. The summed E-state index contributed by atoms with van der Waals surface area (Å²) >= 11 is 3.41. The maximum absolute atomic E-state index is 11.5. The van der Waals surface area contributed by atoms with E-state index in [4.69, 9.17) is 0 Å². The molecule has 1 saturated heterocycles. The van der Waals surface area contributed by atoms with Crippen molar-refractivity contribution < 1.29 is 9.59 Å². The zero-order valence-electron chi connectivity index (χ0n) is 8.29. The molecule has 1 heterocycles. The van der Waals surface area contributed by atoms with E-state index in [1.807, 2.05) is 25.1 Å². The van der Waals surface area contributed by atoms with E-state index in [-0.39, 0.29) is 24.7 Å². The first-order valence-corrected chi connectivity index (χ1v) is 5.46. The molecule has 2 rings (SSSR count). The molecule has 1 aromatic rings. The minimum atomic E-state index is -0.110. The fourth-order valence-electron chi connectivity index (χ4n) is 1.69. The number of hydrogen-bond acceptors (Lipinski definition) is 2. The summed E-state index contributed by atoms with van der Waals surface area (Å²) in [5.74, 6) is -0.124. The Hall–Kier alpha value is -1.16. The molecule has 0 radical (unpaired) electrons. The van der Waals surface area contributed by atoms with E-state index >= 15 is 0 Å². The van der Waals surface area contributed by atoms with Crippen molar-refractivity contribution in [3.8, 4) is 0 Å². The maximum atomic E-state index is 11.5. The fraction of sp³-hybridized carbons (Fsp3) is 0.273. The molecule has 0 bridgehead atoms. The predicted octanol–water partition coefficient (Wildman–Crippen LogP) is 2.06. The van der Waals surface area contributed by atoms with Crippen LogP contribution in [-0.2, 0) is 9.59 Å². The zero-order chi connectivity index (χ0) is 11.0. The molecule has 1 aromatic carbocycles. The van der Waals surface area contributed by atoms with Crippen molar-refractivity contribution in [3.63, 3.8) is 0 Å². The molecule has 0 aromatic heterocycles. The summed E-state index contributed by atoms with van der Waals surface area (Å²) in [5, 5.41) is 0. The highest BCUT2D eigenvalue weighted by Gasteiger charge is 2.29. The standard InChI is InChI=1S/C11H10BrNO2/c1-7-9(12)3-2-4-10(7)13-6-8(14)5-11(13)15/h2-4H,5-6H2,1H3. The summed E-state index contributed by atoms with van der Waals surface area (Å²) in [6, 6.07) is 5.64. The Morgan fingerprint density at radius 1 is 1.33 bits per heavy atom. The Balaban J connectivity index is 2.42. The molecule has 1 amide bonds. The number of ketones is 1. The second kappa shape index (κ2) is 3.77. The van der Waals surface area contributed by atoms with Crippen molar-refractivity contribution in [1.29, 1.82) is 0 Å². The van der Waals surface area contributed by atoms with Crippen LogP contribution in [0.2, 0.25) is 0 Å². The van der Waals surface area contributed by atoms with Crippen molar-refractivity contribution in [1.82, 2.24) is 0 Å². The molecule has 1 aliphatic rings. The van der Waals surface area contributed by atoms with E-state index < -0.39 is 0 Å². The highest BCUT2D eigenvalue weighted by atomic mass is 79.9. The molecule has 3 nitrogen and oxygen atoms in total. The van der Waals surface area contributed by atoms with E-state index in [0.29, 0.717) is 0 Å². The lowest BCUT2D eigenvalue weighted by atomic mass is 10.2. The summed E-state index contributed by atoms with van der Waals surface area (Å²) in [5.41, 5.74) is 1.81. The molecule has 1 fully saturated rings. The van der Waals surface area contributed by atoms with Gasteiger partial charge in [0.05, 0.1) is 13.0 Å². The lowest BCUT2D eigenvalue weighted by Gasteiger charge is -2.17. The number of anilines is 1. The van der Waals surface area contributed by atoms with Gasteiger partial charge in [0, 0.05) is 10.2 Å². The number of hydrogen-bond donors (Lipinski definition) is 0. The molecule has 0 N–H and O–H groups in total. The minimum absolute atomic E-state index is 0.0145. The van der Waals surface area contributed by atoms with Crippen molar-refractivity contribution in [2.24, 2.45) is 0 Å². The molecule has 0 unspecified atom stereocenters. The molecular weight excluding hydrogens is 258 g/mol. The molecule has 0 atom stereocenters. The van der Waals surface area contributed by atoms with E-state index in [2.05, 4.69) is 15.9 Å². The van der Waals surface area contributed by atoms with Gasteiger partial charge >= 0.3 is 0 Å². The predicted molar refractivity (Wildman–Crippen MR) is 60.9 cm³/mol. The van der Waals surface area contributed by atoms with Crippen LogP contribution in [0, 0.1) is 6.92 Å². The van der Waals surface area contributed by atoms with Crippen LogP contribution in [0.4, 0.5) is 5.69 Å². The van der Waals surface area contributed by atoms with Gasteiger partial charge in [0.1, 0.15) is 0 Å². The lowest BCUT2D eigenvalue weighted by molar-refractivity contribution is -0.121.